The summed E-state index contributed by atoms with van der Waals surface area (Å²) < 4.78 is 27.3. The molecule has 0 fully saturated rings. The number of rotatable bonds is 4. The third-order valence-electron chi connectivity index (χ3n) is 3.63. The van der Waals surface area contributed by atoms with Crippen LogP contribution >= 0.6 is 11.3 Å². The van der Waals surface area contributed by atoms with Gasteiger partial charge in [0.15, 0.2) is 4.91 Å². The summed E-state index contributed by atoms with van der Waals surface area (Å²) in [6.45, 7) is 3.96. The number of allylic oxidation sites excluding steroid dienone is 1. The standard InChI is InChI=1S/C17H18N2O3S2/c1-12(2)18-10-15-16(20)17-14(8-9-23-17)19(24(15,21)22)11-13-6-4-3-5-7-13/h3-10,12,18H,11H2,1-2H3/b15-10-. The number of fused-ring (bicyclic) bond motifs is 1. The van der Waals surface area contributed by atoms with Gasteiger partial charge >= 0.3 is 0 Å². The van der Waals surface area contributed by atoms with Gasteiger partial charge in [-0.1, -0.05) is 30.3 Å². The van der Waals surface area contributed by atoms with Gasteiger partial charge in [0.05, 0.1) is 12.2 Å². The summed E-state index contributed by atoms with van der Waals surface area (Å²) in [4.78, 5) is 12.8. The Labute approximate surface area is 145 Å². The Kier molecular flexibility index (Phi) is 4.47. The Bertz CT molecular complexity index is 884. The van der Waals surface area contributed by atoms with Crippen LogP contribution in [-0.2, 0) is 16.6 Å². The quantitative estimate of drug-likeness (QED) is 0.849. The van der Waals surface area contributed by atoms with E-state index in [1.54, 1.807) is 11.4 Å². The fourth-order valence-electron chi connectivity index (χ4n) is 2.45. The second kappa shape index (κ2) is 6.41. The largest absolute Gasteiger partial charge is 0.387 e. The summed E-state index contributed by atoms with van der Waals surface area (Å²) in [6, 6.07) is 11.1. The molecule has 0 aliphatic carbocycles. The number of sulfonamides is 1. The van der Waals surface area contributed by atoms with Crippen LogP contribution in [0.2, 0.25) is 0 Å². The van der Waals surface area contributed by atoms with E-state index in [1.165, 1.54) is 21.8 Å². The number of nitrogens with zero attached hydrogens (tertiary/aromatic N) is 1. The van der Waals surface area contributed by atoms with Gasteiger partial charge in [0.25, 0.3) is 10.0 Å². The van der Waals surface area contributed by atoms with Crippen LogP contribution in [0.5, 0.6) is 0 Å². The van der Waals surface area contributed by atoms with Gasteiger partial charge in [-0.3, -0.25) is 9.10 Å². The molecule has 3 rings (SSSR count). The molecular formula is C17H18N2O3S2. The molecule has 0 bridgehead atoms. The van der Waals surface area contributed by atoms with Gasteiger partial charge in [0, 0.05) is 12.2 Å². The van der Waals surface area contributed by atoms with Crippen LogP contribution in [0.15, 0.2) is 52.9 Å². The summed E-state index contributed by atoms with van der Waals surface area (Å²) in [5, 5.41) is 4.67. The van der Waals surface area contributed by atoms with E-state index in [4.69, 9.17) is 0 Å². The number of thiophene rings is 1. The highest BCUT2D eigenvalue weighted by Gasteiger charge is 2.41. The second-order valence-corrected chi connectivity index (χ2v) is 8.54. The van der Waals surface area contributed by atoms with Crippen molar-refractivity contribution in [2.24, 2.45) is 0 Å². The summed E-state index contributed by atoms with van der Waals surface area (Å²) in [5.74, 6) is -0.447. The molecule has 1 aliphatic heterocycles. The van der Waals surface area contributed by atoms with Crippen LogP contribution < -0.4 is 9.62 Å². The van der Waals surface area contributed by atoms with Crippen molar-refractivity contribution in [3.63, 3.8) is 0 Å². The van der Waals surface area contributed by atoms with E-state index in [0.29, 0.717) is 10.6 Å². The SMILES string of the molecule is CC(C)N/C=C1/C(=O)c2sccc2N(Cc2ccccc2)S1(=O)=O. The van der Waals surface area contributed by atoms with E-state index in [9.17, 15) is 13.2 Å². The van der Waals surface area contributed by atoms with Crippen molar-refractivity contribution in [3.8, 4) is 0 Å². The Balaban J connectivity index is 2.09. The van der Waals surface area contributed by atoms with Gasteiger partial charge in [-0.05, 0) is 30.9 Å². The van der Waals surface area contributed by atoms with Gasteiger partial charge in [-0.15, -0.1) is 11.3 Å². The minimum atomic E-state index is -3.90. The van der Waals surface area contributed by atoms with Crippen LogP contribution in [0.25, 0.3) is 0 Å². The van der Waals surface area contributed by atoms with Gasteiger partial charge < -0.3 is 5.32 Å². The van der Waals surface area contributed by atoms with E-state index < -0.39 is 15.8 Å². The van der Waals surface area contributed by atoms with Gasteiger partial charge in [0.2, 0.25) is 5.78 Å². The lowest BCUT2D eigenvalue weighted by molar-refractivity contribution is 0.104. The molecule has 7 heteroatoms. The first-order valence-corrected chi connectivity index (χ1v) is 9.88. The predicted octanol–water partition coefficient (Wildman–Crippen LogP) is 3.12. The molecule has 126 valence electrons. The van der Waals surface area contributed by atoms with Crippen molar-refractivity contribution < 1.29 is 13.2 Å². The third kappa shape index (κ3) is 2.97. The zero-order valence-electron chi connectivity index (χ0n) is 13.4. The average Bonchev–Trinajstić information content (AvgIpc) is 3.01. The molecular weight excluding hydrogens is 344 g/mol. The van der Waals surface area contributed by atoms with Crippen molar-refractivity contribution in [1.29, 1.82) is 0 Å². The van der Waals surface area contributed by atoms with E-state index in [0.717, 1.165) is 5.56 Å². The Morgan fingerprint density at radius 3 is 2.58 bits per heavy atom. The van der Waals surface area contributed by atoms with Crippen LogP contribution in [0.4, 0.5) is 5.69 Å². The number of Topliss-reactive ketones (excluding diaryl/α,β-unsaturated/α-hetero) is 1. The van der Waals surface area contributed by atoms with E-state index in [-0.39, 0.29) is 17.5 Å². The summed E-state index contributed by atoms with van der Waals surface area (Å²) in [7, 11) is -3.90. The van der Waals surface area contributed by atoms with Crippen LogP contribution in [0, 0.1) is 0 Å². The van der Waals surface area contributed by atoms with Crippen LogP contribution in [-0.4, -0.2) is 20.2 Å². The lowest BCUT2D eigenvalue weighted by Gasteiger charge is -2.29. The highest BCUT2D eigenvalue weighted by molar-refractivity contribution is 7.97. The van der Waals surface area contributed by atoms with E-state index >= 15 is 0 Å². The third-order valence-corrected chi connectivity index (χ3v) is 6.30. The molecule has 0 spiro atoms. The molecule has 0 radical (unpaired) electrons. The average molecular weight is 362 g/mol. The molecule has 1 aliphatic rings. The van der Waals surface area contributed by atoms with E-state index in [1.807, 2.05) is 44.2 Å². The molecule has 2 heterocycles. The smallest absolute Gasteiger partial charge is 0.270 e. The van der Waals surface area contributed by atoms with Gasteiger partial charge in [-0.25, -0.2) is 8.42 Å². The summed E-state index contributed by atoms with van der Waals surface area (Å²) in [6.07, 6.45) is 1.32. The molecule has 5 nitrogen and oxygen atoms in total. The monoisotopic (exact) mass is 362 g/mol. The van der Waals surface area contributed by atoms with Crippen molar-refractivity contribution in [1.82, 2.24) is 5.32 Å². The topological polar surface area (TPSA) is 66.5 Å². The zero-order valence-corrected chi connectivity index (χ0v) is 15.0. The lowest BCUT2D eigenvalue weighted by atomic mass is 10.2. The normalized spacial score (nSPS) is 18.0. The molecule has 0 unspecified atom stereocenters. The first kappa shape index (κ1) is 16.7. The number of carbonyl (C=O) groups is 1. The van der Waals surface area contributed by atoms with Crippen LogP contribution in [0.1, 0.15) is 29.1 Å². The van der Waals surface area contributed by atoms with Crippen molar-refractivity contribution in [2.45, 2.75) is 26.4 Å². The van der Waals surface area contributed by atoms with E-state index in [2.05, 4.69) is 5.32 Å². The lowest BCUT2D eigenvalue weighted by Crippen LogP contribution is -2.39. The molecule has 1 aromatic heterocycles. The molecule has 1 N–H and O–H groups in total. The highest BCUT2D eigenvalue weighted by atomic mass is 32.2. The number of anilines is 1. The Morgan fingerprint density at radius 1 is 1.21 bits per heavy atom. The summed E-state index contributed by atoms with van der Waals surface area (Å²) >= 11 is 1.26. The Hall–Kier alpha value is -2.12. The molecule has 0 amide bonds. The van der Waals surface area contributed by atoms with Crippen molar-refractivity contribution in [2.75, 3.05) is 4.31 Å². The van der Waals surface area contributed by atoms with Crippen molar-refractivity contribution >= 4 is 32.8 Å². The van der Waals surface area contributed by atoms with Crippen molar-refractivity contribution in [3.05, 3.63) is 63.3 Å². The molecule has 0 atom stereocenters. The van der Waals surface area contributed by atoms with Gasteiger partial charge in [0.1, 0.15) is 4.88 Å². The number of carbonyl (C=O) groups excluding carboxylic acids is 1. The Morgan fingerprint density at radius 2 is 1.92 bits per heavy atom. The second-order valence-electron chi connectivity index (χ2n) is 5.79. The minimum absolute atomic E-state index is 0.0350. The number of ketones is 1. The maximum atomic E-state index is 13.0. The zero-order chi connectivity index (χ0) is 17.3. The molecule has 24 heavy (non-hydrogen) atoms. The number of hydrogen-bond acceptors (Lipinski definition) is 5. The molecule has 2 aromatic rings. The van der Waals surface area contributed by atoms with Crippen LogP contribution in [0.3, 0.4) is 0 Å². The first-order chi connectivity index (χ1) is 11.4. The molecule has 0 saturated carbocycles. The van der Waals surface area contributed by atoms with Gasteiger partial charge in [-0.2, -0.15) is 0 Å². The molecule has 1 aromatic carbocycles. The number of benzene rings is 1. The predicted molar refractivity (Wildman–Crippen MR) is 96.5 cm³/mol. The maximum Gasteiger partial charge on any atom is 0.270 e. The first-order valence-electron chi connectivity index (χ1n) is 7.56. The molecule has 0 saturated heterocycles. The number of nitrogens with one attached hydrogen (secondary N) is 1. The fraction of sp³-hybridized carbons (Fsp3) is 0.235. The highest BCUT2D eigenvalue weighted by Crippen LogP contribution is 2.39. The minimum Gasteiger partial charge on any atom is -0.387 e. The maximum absolute atomic E-state index is 13.0. The summed E-state index contributed by atoms with van der Waals surface area (Å²) in [5.41, 5.74) is 1.32. The fourth-order valence-corrected chi connectivity index (χ4v) is 4.94. The number of hydrogen-bond donors (Lipinski definition) is 1.